The number of rotatable bonds is 5. The van der Waals surface area contributed by atoms with Gasteiger partial charge in [-0.25, -0.2) is 14.4 Å². The lowest BCUT2D eigenvalue weighted by molar-refractivity contribution is 0.102. The minimum absolute atomic E-state index is 0.0358. The summed E-state index contributed by atoms with van der Waals surface area (Å²) >= 11 is 0. The van der Waals surface area contributed by atoms with Crippen molar-refractivity contribution in [3.05, 3.63) is 71.9 Å². The monoisotopic (exact) mass is 353 g/mol. The van der Waals surface area contributed by atoms with E-state index in [4.69, 9.17) is 5.73 Å². The number of nitrogens with one attached hydrogen (secondary N) is 2. The molecule has 0 saturated heterocycles. The summed E-state index contributed by atoms with van der Waals surface area (Å²) in [6.45, 7) is 0.170. The molecular formula is C18H16FN5O2. The highest BCUT2D eigenvalue weighted by Gasteiger charge is 2.10. The Morgan fingerprint density at radius 2 is 2.04 bits per heavy atom. The summed E-state index contributed by atoms with van der Waals surface area (Å²) in [6, 6.07) is 10.5. The van der Waals surface area contributed by atoms with Crippen molar-refractivity contribution < 1.29 is 14.3 Å². The fraction of sp³-hybridized carbons (Fsp3) is 0.0556. The number of nitrogen functional groups attached to an aromatic ring is 1. The number of carbonyl (C=O) groups excluding carboxylic acids is 1. The molecule has 7 nitrogen and oxygen atoms in total. The average molecular weight is 353 g/mol. The van der Waals surface area contributed by atoms with Crippen LogP contribution in [0.3, 0.4) is 0 Å². The van der Waals surface area contributed by atoms with Gasteiger partial charge in [0.05, 0.1) is 11.9 Å². The third kappa shape index (κ3) is 4.04. The molecule has 0 fully saturated rings. The molecule has 0 spiro atoms. The number of halogens is 1. The van der Waals surface area contributed by atoms with Crippen LogP contribution >= 0.6 is 0 Å². The van der Waals surface area contributed by atoms with Crippen molar-refractivity contribution in [2.24, 2.45) is 0 Å². The van der Waals surface area contributed by atoms with Gasteiger partial charge in [0.25, 0.3) is 5.91 Å². The van der Waals surface area contributed by atoms with E-state index >= 15 is 0 Å². The second-order valence-corrected chi connectivity index (χ2v) is 5.45. The summed E-state index contributed by atoms with van der Waals surface area (Å²) in [4.78, 5) is 19.9. The van der Waals surface area contributed by atoms with Crippen molar-refractivity contribution in [2.45, 2.75) is 6.54 Å². The van der Waals surface area contributed by atoms with Crippen molar-refractivity contribution in [1.29, 1.82) is 0 Å². The van der Waals surface area contributed by atoms with Crippen molar-refractivity contribution in [3.8, 4) is 5.75 Å². The van der Waals surface area contributed by atoms with E-state index in [2.05, 4.69) is 20.6 Å². The molecule has 2 aromatic heterocycles. The summed E-state index contributed by atoms with van der Waals surface area (Å²) in [5.74, 6) is -0.602. The van der Waals surface area contributed by atoms with Gasteiger partial charge in [0.2, 0.25) is 0 Å². The number of hydrogen-bond donors (Lipinski definition) is 4. The number of amides is 1. The quantitative estimate of drug-likeness (QED) is 0.561. The first-order chi connectivity index (χ1) is 12.5. The first-order valence-electron chi connectivity index (χ1n) is 7.72. The first kappa shape index (κ1) is 17.2. The van der Waals surface area contributed by atoms with Crippen LogP contribution in [0.15, 0.2) is 54.9 Å². The zero-order valence-corrected chi connectivity index (χ0v) is 13.6. The van der Waals surface area contributed by atoms with Crippen molar-refractivity contribution in [3.63, 3.8) is 0 Å². The van der Waals surface area contributed by atoms with Crippen LogP contribution in [-0.2, 0) is 6.54 Å². The maximum absolute atomic E-state index is 14.0. The summed E-state index contributed by atoms with van der Waals surface area (Å²) < 4.78 is 14.0. The molecule has 26 heavy (non-hydrogen) atoms. The van der Waals surface area contributed by atoms with Crippen LogP contribution in [0.2, 0.25) is 0 Å². The van der Waals surface area contributed by atoms with Gasteiger partial charge in [-0.3, -0.25) is 4.79 Å². The fourth-order valence-corrected chi connectivity index (χ4v) is 2.26. The van der Waals surface area contributed by atoms with Crippen LogP contribution in [0.4, 0.5) is 21.6 Å². The van der Waals surface area contributed by atoms with Crippen LogP contribution in [0, 0.1) is 5.82 Å². The first-order valence-corrected chi connectivity index (χ1v) is 7.72. The topological polar surface area (TPSA) is 113 Å². The third-order valence-electron chi connectivity index (χ3n) is 3.59. The van der Waals surface area contributed by atoms with E-state index in [0.717, 1.165) is 0 Å². The molecular weight excluding hydrogens is 337 g/mol. The smallest absolute Gasteiger partial charge is 0.274 e. The van der Waals surface area contributed by atoms with Crippen LogP contribution < -0.4 is 16.4 Å². The normalized spacial score (nSPS) is 10.3. The van der Waals surface area contributed by atoms with Gasteiger partial charge in [-0.15, -0.1) is 0 Å². The Balaban J connectivity index is 1.72. The molecule has 2 heterocycles. The second kappa shape index (κ2) is 7.47. The highest BCUT2D eigenvalue weighted by Crippen LogP contribution is 2.19. The molecule has 0 unspecified atom stereocenters. The number of benzene rings is 1. The standard InChI is InChI=1S/C18H16FN5O2/c19-14-5-3-12(24-18(26)16-6-4-13(25)10-23-16)8-11(14)9-22-15-2-1-7-21-17(15)20/h1-8,10,22,25H,9H2,(H2,20,21)(H,24,26). The largest absolute Gasteiger partial charge is 0.506 e. The average Bonchev–Trinajstić information content (AvgIpc) is 2.64. The Bertz CT molecular complexity index is 931. The summed E-state index contributed by atoms with van der Waals surface area (Å²) in [7, 11) is 0. The third-order valence-corrected chi connectivity index (χ3v) is 3.59. The van der Waals surface area contributed by atoms with Crippen LogP contribution in [0.25, 0.3) is 0 Å². The van der Waals surface area contributed by atoms with Gasteiger partial charge in [-0.2, -0.15) is 0 Å². The number of nitrogens with zero attached hydrogens (tertiary/aromatic N) is 2. The lowest BCUT2D eigenvalue weighted by atomic mass is 10.1. The van der Waals surface area contributed by atoms with Crippen LogP contribution in [-0.4, -0.2) is 21.0 Å². The number of aromatic hydroxyl groups is 1. The van der Waals surface area contributed by atoms with E-state index in [1.807, 2.05) is 0 Å². The number of anilines is 3. The number of hydrogen-bond acceptors (Lipinski definition) is 6. The van der Waals surface area contributed by atoms with Crippen molar-refractivity contribution in [1.82, 2.24) is 9.97 Å². The zero-order valence-electron chi connectivity index (χ0n) is 13.6. The van der Waals surface area contributed by atoms with Gasteiger partial charge in [0, 0.05) is 24.0 Å². The van der Waals surface area contributed by atoms with E-state index in [9.17, 15) is 14.3 Å². The molecule has 0 bridgehead atoms. The van der Waals surface area contributed by atoms with E-state index in [-0.39, 0.29) is 18.0 Å². The molecule has 5 N–H and O–H groups in total. The molecule has 1 amide bonds. The van der Waals surface area contributed by atoms with Gasteiger partial charge in [-0.05, 0) is 42.5 Å². The molecule has 3 rings (SSSR count). The van der Waals surface area contributed by atoms with Crippen LogP contribution in [0.5, 0.6) is 5.75 Å². The summed E-state index contributed by atoms with van der Waals surface area (Å²) in [6.07, 6.45) is 2.74. The maximum atomic E-state index is 14.0. The second-order valence-electron chi connectivity index (χ2n) is 5.45. The van der Waals surface area contributed by atoms with E-state index in [1.54, 1.807) is 18.3 Å². The van der Waals surface area contributed by atoms with Gasteiger partial charge < -0.3 is 21.5 Å². The molecule has 0 aliphatic rings. The highest BCUT2D eigenvalue weighted by molar-refractivity contribution is 6.02. The minimum atomic E-state index is -0.466. The highest BCUT2D eigenvalue weighted by atomic mass is 19.1. The molecule has 1 aromatic carbocycles. The maximum Gasteiger partial charge on any atom is 0.274 e. The Hall–Kier alpha value is -3.68. The number of carbonyl (C=O) groups is 1. The van der Waals surface area contributed by atoms with Crippen molar-refractivity contribution >= 4 is 23.1 Å². The molecule has 0 radical (unpaired) electrons. The Kier molecular flexibility index (Phi) is 4.93. The SMILES string of the molecule is Nc1ncccc1NCc1cc(NC(=O)c2ccc(O)cn2)ccc1F. The van der Waals surface area contributed by atoms with E-state index in [0.29, 0.717) is 22.8 Å². The lowest BCUT2D eigenvalue weighted by Crippen LogP contribution is -2.14. The van der Waals surface area contributed by atoms with E-state index < -0.39 is 11.7 Å². The summed E-state index contributed by atoms with van der Waals surface area (Å²) in [5.41, 5.74) is 7.24. The van der Waals surface area contributed by atoms with Crippen LogP contribution in [0.1, 0.15) is 16.1 Å². The molecule has 132 valence electrons. The number of pyridine rings is 2. The predicted molar refractivity (Wildman–Crippen MR) is 96.2 cm³/mol. The van der Waals surface area contributed by atoms with E-state index in [1.165, 1.54) is 36.5 Å². The minimum Gasteiger partial charge on any atom is -0.506 e. The summed E-state index contributed by atoms with van der Waals surface area (Å²) in [5, 5.41) is 14.9. The molecule has 0 aliphatic carbocycles. The Morgan fingerprint density at radius 3 is 2.77 bits per heavy atom. The van der Waals surface area contributed by atoms with Gasteiger partial charge in [0.15, 0.2) is 0 Å². The molecule has 0 aliphatic heterocycles. The Labute approximate surface area is 148 Å². The van der Waals surface area contributed by atoms with Gasteiger partial charge in [0.1, 0.15) is 23.1 Å². The molecule has 0 atom stereocenters. The lowest BCUT2D eigenvalue weighted by Gasteiger charge is -2.11. The molecule has 8 heteroatoms. The number of aromatic nitrogens is 2. The predicted octanol–water partition coefficient (Wildman–Crippen LogP) is 2.77. The number of nitrogens with two attached hydrogens (primary N) is 1. The molecule has 0 saturated carbocycles. The Morgan fingerprint density at radius 1 is 1.19 bits per heavy atom. The fourth-order valence-electron chi connectivity index (χ4n) is 2.26. The zero-order chi connectivity index (χ0) is 18.5. The van der Waals surface area contributed by atoms with Gasteiger partial charge in [-0.1, -0.05) is 0 Å². The van der Waals surface area contributed by atoms with Gasteiger partial charge >= 0.3 is 0 Å². The molecule has 3 aromatic rings. The van der Waals surface area contributed by atoms with Crippen molar-refractivity contribution in [2.75, 3.05) is 16.4 Å².